The molecule has 1 N–H and O–H groups in total. The minimum absolute atomic E-state index is 0.150. The lowest BCUT2D eigenvalue weighted by atomic mass is 10.0. The van der Waals surface area contributed by atoms with Crippen molar-refractivity contribution in [1.29, 1.82) is 0 Å². The number of hydrogen-bond acceptors (Lipinski definition) is 2. The molecule has 2 rings (SSSR count). The van der Waals surface area contributed by atoms with Gasteiger partial charge in [-0.25, -0.2) is 0 Å². The Balaban J connectivity index is 2.15. The Kier molecular flexibility index (Phi) is 4.81. The molecule has 0 radical (unpaired) electrons. The largest absolute Gasteiger partial charge is 0.335 e. The zero-order valence-electron chi connectivity index (χ0n) is 13.1. The van der Waals surface area contributed by atoms with Gasteiger partial charge in [0.1, 0.15) is 0 Å². The summed E-state index contributed by atoms with van der Waals surface area (Å²) in [6.07, 6.45) is 2.39. The highest BCUT2D eigenvalue weighted by atomic mass is 16.2. The Morgan fingerprint density at radius 1 is 1.35 bits per heavy atom. The van der Waals surface area contributed by atoms with Gasteiger partial charge in [-0.3, -0.25) is 4.79 Å². The van der Waals surface area contributed by atoms with Crippen molar-refractivity contribution in [2.45, 2.75) is 52.6 Å². The smallest absolute Gasteiger partial charge is 0.254 e. The van der Waals surface area contributed by atoms with Gasteiger partial charge in [-0.05, 0) is 70.3 Å². The van der Waals surface area contributed by atoms with Crippen LogP contribution in [0.25, 0.3) is 0 Å². The molecule has 1 atom stereocenters. The van der Waals surface area contributed by atoms with Gasteiger partial charge in [-0.2, -0.15) is 0 Å². The van der Waals surface area contributed by atoms with Crippen LogP contribution in [0.3, 0.4) is 0 Å². The first-order valence-corrected chi connectivity index (χ1v) is 7.60. The molecular weight excluding hydrogens is 248 g/mol. The molecule has 1 unspecified atom stereocenters. The van der Waals surface area contributed by atoms with Gasteiger partial charge < -0.3 is 10.2 Å². The van der Waals surface area contributed by atoms with Crippen molar-refractivity contribution in [2.75, 3.05) is 13.1 Å². The van der Waals surface area contributed by atoms with Gasteiger partial charge in [0.05, 0.1) is 0 Å². The van der Waals surface area contributed by atoms with Gasteiger partial charge in [0.15, 0.2) is 0 Å². The quantitative estimate of drug-likeness (QED) is 0.915. The second-order valence-corrected chi connectivity index (χ2v) is 6.14. The molecule has 0 aromatic heterocycles. The summed E-state index contributed by atoms with van der Waals surface area (Å²) in [7, 11) is 0. The third kappa shape index (κ3) is 3.40. The summed E-state index contributed by atoms with van der Waals surface area (Å²) in [6.45, 7) is 10.2. The van der Waals surface area contributed by atoms with Crippen molar-refractivity contribution in [2.24, 2.45) is 0 Å². The molecule has 1 aromatic carbocycles. The molecule has 0 aliphatic carbocycles. The van der Waals surface area contributed by atoms with Crippen molar-refractivity contribution < 1.29 is 4.79 Å². The maximum Gasteiger partial charge on any atom is 0.254 e. The summed E-state index contributed by atoms with van der Waals surface area (Å²) >= 11 is 0. The van der Waals surface area contributed by atoms with E-state index in [2.05, 4.69) is 33.0 Å². The summed E-state index contributed by atoms with van der Waals surface area (Å²) < 4.78 is 0. The van der Waals surface area contributed by atoms with E-state index >= 15 is 0 Å². The average molecular weight is 274 g/mol. The molecule has 1 aliphatic rings. The maximum atomic E-state index is 12.7. The summed E-state index contributed by atoms with van der Waals surface area (Å²) in [5.41, 5.74) is 3.22. The topological polar surface area (TPSA) is 32.3 Å². The van der Waals surface area contributed by atoms with E-state index in [4.69, 9.17) is 0 Å². The van der Waals surface area contributed by atoms with Crippen LogP contribution in [0.2, 0.25) is 0 Å². The highest BCUT2D eigenvalue weighted by molar-refractivity contribution is 5.94. The van der Waals surface area contributed by atoms with Crippen molar-refractivity contribution in [1.82, 2.24) is 10.2 Å². The molecule has 20 heavy (non-hydrogen) atoms. The highest BCUT2D eigenvalue weighted by Crippen LogP contribution is 2.16. The Hall–Kier alpha value is -1.35. The molecule has 1 aliphatic heterocycles. The lowest BCUT2D eigenvalue weighted by Gasteiger charge is -2.30. The van der Waals surface area contributed by atoms with Crippen LogP contribution >= 0.6 is 0 Å². The van der Waals surface area contributed by atoms with E-state index < -0.39 is 0 Å². The Morgan fingerprint density at radius 3 is 2.65 bits per heavy atom. The van der Waals surface area contributed by atoms with E-state index in [1.54, 1.807) is 0 Å². The van der Waals surface area contributed by atoms with Gasteiger partial charge in [0, 0.05) is 24.2 Å². The minimum atomic E-state index is 0.150. The van der Waals surface area contributed by atoms with E-state index in [1.165, 1.54) is 24.0 Å². The summed E-state index contributed by atoms with van der Waals surface area (Å²) in [5, 5.41) is 3.47. The van der Waals surface area contributed by atoms with Gasteiger partial charge in [-0.15, -0.1) is 0 Å². The van der Waals surface area contributed by atoms with Crippen molar-refractivity contribution in [3.05, 3.63) is 34.9 Å². The predicted molar refractivity (Wildman–Crippen MR) is 83.1 cm³/mol. The molecule has 3 heteroatoms. The second-order valence-electron chi connectivity index (χ2n) is 6.14. The fraction of sp³-hybridized carbons (Fsp3) is 0.588. The van der Waals surface area contributed by atoms with Crippen LogP contribution in [0.4, 0.5) is 0 Å². The number of hydrogen-bond donors (Lipinski definition) is 1. The standard InChI is InChI=1S/C17H26N2O/c1-12(2)19(11-16-6-5-9-18-16)17(20)15-8-7-13(3)14(4)10-15/h7-8,10,12,16,18H,5-6,9,11H2,1-4H3. The Labute approximate surface area is 122 Å². The third-order valence-corrected chi connectivity index (χ3v) is 4.22. The third-order valence-electron chi connectivity index (χ3n) is 4.22. The molecule has 0 saturated carbocycles. The minimum Gasteiger partial charge on any atom is -0.335 e. The van der Waals surface area contributed by atoms with Crippen LogP contribution in [0, 0.1) is 13.8 Å². The molecule has 1 heterocycles. The maximum absolute atomic E-state index is 12.7. The lowest BCUT2D eigenvalue weighted by molar-refractivity contribution is 0.0689. The molecular formula is C17H26N2O. The first-order chi connectivity index (χ1) is 9.49. The van der Waals surface area contributed by atoms with Crippen molar-refractivity contribution in [3.63, 3.8) is 0 Å². The van der Waals surface area contributed by atoms with Crippen LogP contribution in [-0.2, 0) is 0 Å². The number of carbonyl (C=O) groups is 1. The Morgan fingerprint density at radius 2 is 2.10 bits per heavy atom. The van der Waals surface area contributed by atoms with E-state index in [-0.39, 0.29) is 11.9 Å². The first-order valence-electron chi connectivity index (χ1n) is 7.60. The summed E-state index contributed by atoms with van der Waals surface area (Å²) in [6, 6.07) is 6.67. The van der Waals surface area contributed by atoms with E-state index in [0.29, 0.717) is 6.04 Å². The fourth-order valence-electron chi connectivity index (χ4n) is 2.72. The zero-order chi connectivity index (χ0) is 14.7. The van der Waals surface area contributed by atoms with Crippen molar-refractivity contribution in [3.8, 4) is 0 Å². The van der Waals surface area contributed by atoms with E-state index in [1.807, 2.05) is 23.1 Å². The fourth-order valence-corrected chi connectivity index (χ4v) is 2.72. The predicted octanol–water partition coefficient (Wildman–Crippen LogP) is 2.91. The van der Waals surface area contributed by atoms with Gasteiger partial charge in [-0.1, -0.05) is 6.07 Å². The molecule has 0 spiro atoms. The van der Waals surface area contributed by atoms with Gasteiger partial charge >= 0.3 is 0 Å². The molecule has 1 saturated heterocycles. The number of amides is 1. The average Bonchev–Trinajstić information content (AvgIpc) is 2.91. The lowest BCUT2D eigenvalue weighted by Crippen LogP contribution is -2.44. The van der Waals surface area contributed by atoms with Crippen LogP contribution in [0.1, 0.15) is 48.2 Å². The second kappa shape index (κ2) is 6.40. The number of benzene rings is 1. The normalized spacial score (nSPS) is 18.6. The zero-order valence-corrected chi connectivity index (χ0v) is 13.1. The van der Waals surface area contributed by atoms with E-state index in [9.17, 15) is 4.79 Å². The Bertz CT molecular complexity index is 476. The number of aryl methyl sites for hydroxylation is 2. The summed E-state index contributed by atoms with van der Waals surface area (Å²) in [5.74, 6) is 0.150. The SMILES string of the molecule is Cc1ccc(C(=O)N(CC2CCCN2)C(C)C)cc1C. The first kappa shape index (κ1) is 15.0. The molecule has 1 aromatic rings. The number of rotatable bonds is 4. The van der Waals surface area contributed by atoms with Gasteiger partial charge in [0.25, 0.3) is 5.91 Å². The van der Waals surface area contributed by atoms with Crippen LogP contribution < -0.4 is 5.32 Å². The van der Waals surface area contributed by atoms with Crippen molar-refractivity contribution >= 4 is 5.91 Å². The highest BCUT2D eigenvalue weighted by Gasteiger charge is 2.24. The van der Waals surface area contributed by atoms with Crippen LogP contribution in [0.15, 0.2) is 18.2 Å². The van der Waals surface area contributed by atoms with Gasteiger partial charge in [0.2, 0.25) is 0 Å². The monoisotopic (exact) mass is 274 g/mol. The summed E-state index contributed by atoms with van der Waals surface area (Å²) in [4.78, 5) is 14.7. The molecule has 0 bridgehead atoms. The van der Waals surface area contributed by atoms with Crippen LogP contribution in [0.5, 0.6) is 0 Å². The molecule has 1 fully saturated rings. The molecule has 1 amide bonds. The van der Waals surface area contributed by atoms with Crippen LogP contribution in [-0.4, -0.2) is 36.0 Å². The number of nitrogens with zero attached hydrogens (tertiary/aromatic N) is 1. The number of carbonyl (C=O) groups excluding carboxylic acids is 1. The number of nitrogens with one attached hydrogen (secondary N) is 1. The molecule has 110 valence electrons. The van der Waals surface area contributed by atoms with E-state index in [0.717, 1.165) is 18.7 Å². The molecule has 3 nitrogen and oxygen atoms in total.